The van der Waals surface area contributed by atoms with Crippen molar-refractivity contribution in [2.45, 2.75) is 33.3 Å². The van der Waals surface area contributed by atoms with Crippen LogP contribution in [0.25, 0.3) is 0 Å². The fraction of sp³-hybridized carbons (Fsp3) is 0.353. The molecule has 1 amide bonds. The summed E-state index contributed by atoms with van der Waals surface area (Å²) in [5.74, 6) is 0.00595. The quantitative estimate of drug-likeness (QED) is 0.811. The smallest absolute Gasteiger partial charge is 0.350 e. The Kier molecular flexibility index (Phi) is 5.92. The number of aryl methyl sites for hydroxylation is 1. The molecule has 0 aliphatic heterocycles. The average Bonchev–Trinajstić information content (AvgIpc) is 2.87. The summed E-state index contributed by atoms with van der Waals surface area (Å²) in [6.45, 7) is 5.28. The molecule has 0 unspecified atom stereocenters. The summed E-state index contributed by atoms with van der Waals surface area (Å²) in [4.78, 5) is 28.8. The van der Waals surface area contributed by atoms with Crippen LogP contribution in [0.3, 0.4) is 0 Å². The number of esters is 1. The zero-order chi connectivity index (χ0) is 17.7. The number of nitrogens with one attached hydrogen (secondary N) is 1. The van der Waals surface area contributed by atoms with Crippen molar-refractivity contribution < 1.29 is 19.1 Å². The highest BCUT2D eigenvalue weighted by molar-refractivity contribution is 7.17. The lowest BCUT2D eigenvalue weighted by Crippen LogP contribution is -2.14. The predicted molar refractivity (Wildman–Crippen MR) is 92.7 cm³/mol. The van der Waals surface area contributed by atoms with Crippen molar-refractivity contribution >= 4 is 28.3 Å². The SMILES string of the molecule is COc1ccccc1CC(=O)Nc1nc(C)c(C(=O)OC(C)C)s1. The van der Waals surface area contributed by atoms with Gasteiger partial charge in [0.1, 0.15) is 10.6 Å². The van der Waals surface area contributed by atoms with Gasteiger partial charge in [-0.05, 0) is 26.8 Å². The molecule has 128 valence electrons. The van der Waals surface area contributed by atoms with E-state index in [-0.39, 0.29) is 18.4 Å². The van der Waals surface area contributed by atoms with Crippen molar-refractivity contribution in [1.82, 2.24) is 4.98 Å². The third kappa shape index (κ3) is 4.55. The van der Waals surface area contributed by atoms with Crippen LogP contribution in [-0.2, 0) is 16.0 Å². The number of anilines is 1. The molecular weight excluding hydrogens is 328 g/mol. The number of hydrogen-bond acceptors (Lipinski definition) is 6. The second-order valence-electron chi connectivity index (χ2n) is 5.42. The summed E-state index contributed by atoms with van der Waals surface area (Å²) in [6.07, 6.45) is -0.0448. The van der Waals surface area contributed by atoms with Crippen molar-refractivity contribution in [3.05, 3.63) is 40.4 Å². The van der Waals surface area contributed by atoms with Crippen molar-refractivity contribution in [3.8, 4) is 5.75 Å². The third-order valence-corrected chi connectivity index (χ3v) is 4.17. The van der Waals surface area contributed by atoms with E-state index in [1.165, 1.54) is 0 Å². The number of nitrogens with zero attached hydrogens (tertiary/aromatic N) is 1. The van der Waals surface area contributed by atoms with Gasteiger partial charge in [0.2, 0.25) is 5.91 Å². The maximum atomic E-state index is 12.2. The Hall–Kier alpha value is -2.41. The Labute approximate surface area is 144 Å². The molecule has 0 fully saturated rings. The number of thiazole rings is 1. The average molecular weight is 348 g/mol. The molecule has 0 atom stereocenters. The minimum atomic E-state index is -0.426. The number of para-hydroxylation sites is 1. The number of carbonyl (C=O) groups excluding carboxylic acids is 2. The normalized spacial score (nSPS) is 10.5. The molecule has 2 rings (SSSR count). The molecule has 0 saturated heterocycles. The van der Waals surface area contributed by atoms with E-state index in [0.29, 0.717) is 21.5 Å². The molecule has 0 radical (unpaired) electrons. The van der Waals surface area contributed by atoms with E-state index in [9.17, 15) is 9.59 Å². The number of ether oxygens (including phenoxy) is 2. The molecule has 0 aliphatic rings. The largest absolute Gasteiger partial charge is 0.496 e. The molecule has 0 saturated carbocycles. The summed E-state index contributed by atoms with van der Waals surface area (Å²) >= 11 is 1.11. The van der Waals surface area contributed by atoms with E-state index in [2.05, 4.69) is 10.3 Å². The van der Waals surface area contributed by atoms with Gasteiger partial charge in [0, 0.05) is 5.56 Å². The van der Waals surface area contributed by atoms with Gasteiger partial charge in [-0.15, -0.1) is 0 Å². The molecule has 0 spiro atoms. The molecular formula is C17H20N2O4S. The molecule has 1 heterocycles. The monoisotopic (exact) mass is 348 g/mol. The van der Waals surface area contributed by atoms with Gasteiger partial charge in [0.05, 0.1) is 25.3 Å². The molecule has 7 heteroatoms. The highest BCUT2D eigenvalue weighted by Gasteiger charge is 2.19. The number of carbonyl (C=O) groups is 2. The van der Waals surface area contributed by atoms with E-state index in [1.807, 2.05) is 18.2 Å². The summed E-state index contributed by atoms with van der Waals surface area (Å²) in [7, 11) is 1.56. The molecule has 0 aliphatic carbocycles. The fourth-order valence-corrected chi connectivity index (χ4v) is 2.96. The Bertz CT molecular complexity index is 740. The Morgan fingerprint density at radius 3 is 2.67 bits per heavy atom. The van der Waals surface area contributed by atoms with Crippen LogP contribution in [-0.4, -0.2) is 30.1 Å². The highest BCUT2D eigenvalue weighted by atomic mass is 32.1. The van der Waals surface area contributed by atoms with Gasteiger partial charge >= 0.3 is 5.97 Å². The summed E-state index contributed by atoms with van der Waals surface area (Å²) in [6, 6.07) is 7.32. The van der Waals surface area contributed by atoms with Crippen LogP contribution >= 0.6 is 11.3 Å². The van der Waals surface area contributed by atoms with Crippen LogP contribution in [0, 0.1) is 6.92 Å². The Morgan fingerprint density at radius 1 is 1.29 bits per heavy atom. The lowest BCUT2D eigenvalue weighted by atomic mass is 10.1. The lowest BCUT2D eigenvalue weighted by molar-refractivity contribution is -0.115. The minimum absolute atomic E-state index is 0.161. The van der Waals surface area contributed by atoms with E-state index < -0.39 is 5.97 Å². The van der Waals surface area contributed by atoms with Gasteiger partial charge in [-0.25, -0.2) is 9.78 Å². The van der Waals surface area contributed by atoms with E-state index in [4.69, 9.17) is 9.47 Å². The summed E-state index contributed by atoms with van der Waals surface area (Å²) in [5.41, 5.74) is 1.32. The van der Waals surface area contributed by atoms with Gasteiger partial charge in [-0.2, -0.15) is 0 Å². The summed E-state index contributed by atoms with van der Waals surface area (Å²) in [5, 5.41) is 3.09. The van der Waals surface area contributed by atoms with Crippen LogP contribution in [0.1, 0.15) is 34.8 Å². The zero-order valence-corrected chi connectivity index (χ0v) is 14.9. The van der Waals surface area contributed by atoms with E-state index in [0.717, 1.165) is 16.9 Å². The second-order valence-corrected chi connectivity index (χ2v) is 6.42. The first kappa shape index (κ1) is 17.9. The van der Waals surface area contributed by atoms with Crippen molar-refractivity contribution in [2.24, 2.45) is 0 Å². The highest BCUT2D eigenvalue weighted by Crippen LogP contribution is 2.24. The first-order chi connectivity index (χ1) is 11.4. The third-order valence-electron chi connectivity index (χ3n) is 3.11. The van der Waals surface area contributed by atoms with Crippen LogP contribution in [0.15, 0.2) is 24.3 Å². The number of amides is 1. The minimum Gasteiger partial charge on any atom is -0.496 e. The molecule has 6 nitrogen and oxygen atoms in total. The van der Waals surface area contributed by atoms with Crippen LogP contribution in [0.5, 0.6) is 5.75 Å². The molecule has 1 aromatic heterocycles. The zero-order valence-electron chi connectivity index (χ0n) is 14.1. The number of benzene rings is 1. The number of rotatable bonds is 6. The number of aromatic nitrogens is 1. The number of hydrogen-bond donors (Lipinski definition) is 1. The second kappa shape index (κ2) is 7.92. The first-order valence-corrected chi connectivity index (χ1v) is 8.32. The standard InChI is InChI=1S/C17H20N2O4S/c1-10(2)23-16(21)15-11(3)18-17(24-15)19-14(20)9-12-7-5-6-8-13(12)22-4/h5-8,10H,9H2,1-4H3,(H,18,19,20). The van der Waals surface area contributed by atoms with E-state index >= 15 is 0 Å². The van der Waals surface area contributed by atoms with E-state index in [1.54, 1.807) is 33.9 Å². The van der Waals surface area contributed by atoms with Crippen molar-refractivity contribution in [2.75, 3.05) is 12.4 Å². The molecule has 0 bridgehead atoms. The molecule has 24 heavy (non-hydrogen) atoms. The first-order valence-electron chi connectivity index (χ1n) is 7.51. The molecule has 1 aromatic carbocycles. The van der Waals surface area contributed by atoms with Gasteiger partial charge < -0.3 is 14.8 Å². The molecule has 2 aromatic rings. The Balaban J connectivity index is 2.06. The summed E-state index contributed by atoms with van der Waals surface area (Å²) < 4.78 is 10.4. The molecule has 1 N–H and O–H groups in total. The topological polar surface area (TPSA) is 77.5 Å². The van der Waals surface area contributed by atoms with Crippen LogP contribution in [0.2, 0.25) is 0 Å². The van der Waals surface area contributed by atoms with Crippen molar-refractivity contribution in [3.63, 3.8) is 0 Å². The lowest BCUT2D eigenvalue weighted by Gasteiger charge is -2.07. The van der Waals surface area contributed by atoms with Crippen molar-refractivity contribution in [1.29, 1.82) is 0 Å². The predicted octanol–water partition coefficient (Wildman–Crippen LogP) is 3.21. The van der Waals surface area contributed by atoms with Crippen LogP contribution < -0.4 is 10.1 Å². The van der Waals surface area contributed by atoms with Crippen LogP contribution in [0.4, 0.5) is 5.13 Å². The van der Waals surface area contributed by atoms with Gasteiger partial charge in [0.15, 0.2) is 5.13 Å². The van der Waals surface area contributed by atoms with Gasteiger partial charge in [-0.1, -0.05) is 29.5 Å². The maximum Gasteiger partial charge on any atom is 0.350 e. The number of methoxy groups -OCH3 is 1. The van der Waals surface area contributed by atoms with Gasteiger partial charge in [0.25, 0.3) is 0 Å². The van der Waals surface area contributed by atoms with Gasteiger partial charge in [-0.3, -0.25) is 4.79 Å². The maximum absolute atomic E-state index is 12.2. The fourth-order valence-electron chi connectivity index (χ4n) is 2.09. The Morgan fingerprint density at radius 2 is 2.00 bits per heavy atom.